The summed E-state index contributed by atoms with van der Waals surface area (Å²) in [4.78, 5) is 27.4. The minimum atomic E-state index is -0.412. The van der Waals surface area contributed by atoms with Crippen LogP contribution in [0.5, 0.6) is 0 Å². The van der Waals surface area contributed by atoms with Gasteiger partial charge in [-0.1, -0.05) is 29.3 Å². The number of hydrogen-bond acceptors (Lipinski definition) is 3. The maximum atomic E-state index is 13.3. The second kappa shape index (κ2) is 9.30. The second-order valence-corrected chi connectivity index (χ2v) is 8.29. The van der Waals surface area contributed by atoms with Crippen molar-refractivity contribution in [2.75, 3.05) is 18.4 Å². The SMILES string of the molecule is CCN(CC(=O)Nc1c(Cl)cccc1Cl)C(=O)c1nn(-c2ccc(F)cc2)c2c1CCC2. The van der Waals surface area contributed by atoms with E-state index in [-0.39, 0.29) is 18.3 Å². The largest absolute Gasteiger partial charge is 0.328 e. The zero-order valence-electron chi connectivity index (χ0n) is 17.4. The van der Waals surface area contributed by atoms with Crippen LogP contribution in [0, 0.1) is 5.82 Å². The van der Waals surface area contributed by atoms with Gasteiger partial charge in [-0.2, -0.15) is 5.10 Å². The normalized spacial score (nSPS) is 12.5. The van der Waals surface area contributed by atoms with E-state index in [0.29, 0.717) is 33.7 Å². The van der Waals surface area contributed by atoms with Crippen molar-refractivity contribution >= 4 is 40.7 Å². The average molecular weight is 475 g/mol. The molecule has 9 heteroatoms. The minimum Gasteiger partial charge on any atom is -0.328 e. The highest BCUT2D eigenvalue weighted by Crippen LogP contribution is 2.30. The molecule has 32 heavy (non-hydrogen) atoms. The molecule has 1 aromatic heterocycles. The third-order valence-corrected chi connectivity index (χ3v) is 6.06. The van der Waals surface area contributed by atoms with E-state index in [4.69, 9.17) is 23.2 Å². The summed E-state index contributed by atoms with van der Waals surface area (Å²) in [7, 11) is 0. The maximum absolute atomic E-state index is 13.3. The van der Waals surface area contributed by atoms with Gasteiger partial charge in [-0.15, -0.1) is 0 Å². The molecule has 2 aromatic carbocycles. The molecule has 4 rings (SSSR count). The molecule has 0 saturated heterocycles. The topological polar surface area (TPSA) is 67.2 Å². The molecule has 0 unspecified atom stereocenters. The first-order chi connectivity index (χ1) is 15.4. The summed E-state index contributed by atoms with van der Waals surface area (Å²) in [5.41, 5.74) is 3.16. The maximum Gasteiger partial charge on any atom is 0.275 e. The highest BCUT2D eigenvalue weighted by atomic mass is 35.5. The lowest BCUT2D eigenvalue weighted by molar-refractivity contribution is -0.116. The van der Waals surface area contributed by atoms with Gasteiger partial charge in [0.25, 0.3) is 5.91 Å². The number of nitrogens with zero attached hydrogens (tertiary/aromatic N) is 3. The molecule has 0 fully saturated rings. The summed E-state index contributed by atoms with van der Waals surface area (Å²) in [5, 5.41) is 7.86. The molecule has 1 N–H and O–H groups in total. The van der Waals surface area contributed by atoms with Gasteiger partial charge < -0.3 is 10.2 Å². The smallest absolute Gasteiger partial charge is 0.275 e. The number of amides is 2. The first-order valence-electron chi connectivity index (χ1n) is 10.3. The number of benzene rings is 2. The zero-order valence-corrected chi connectivity index (χ0v) is 18.9. The Kier molecular flexibility index (Phi) is 6.48. The van der Waals surface area contributed by atoms with Gasteiger partial charge in [-0.3, -0.25) is 9.59 Å². The molecule has 0 radical (unpaired) electrons. The Morgan fingerprint density at radius 2 is 1.81 bits per heavy atom. The van der Waals surface area contributed by atoms with Crippen LogP contribution in [-0.2, 0) is 17.6 Å². The summed E-state index contributed by atoms with van der Waals surface area (Å²) < 4.78 is 15.0. The van der Waals surface area contributed by atoms with Gasteiger partial charge in [0.05, 0.1) is 21.4 Å². The van der Waals surface area contributed by atoms with Gasteiger partial charge in [0, 0.05) is 17.8 Å². The van der Waals surface area contributed by atoms with Crippen LogP contribution in [0.25, 0.3) is 5.69 Å². The molecule has 0 bridgehead atoms. The van der Waals surface area contributed by atoms with Crippen LogP contribution in [0.15, 0.2) is 42.5 Å². The van der Waals surface area contributed by atoms with Gasteiger partial charge in [0.2, 0.25) is 5.91 Å². The van der Waals surface area contributed by atoms with E-state index < -0.39 is 5.91 Å². The number of anilines is 1. The van der Waals surface area contributed by atoms with E-state index >= 15 is 0 Å². The molecule has 3 aromatic rings. The lowest BCUT2D eigenvalue weighted by Gasteiger charge is -2.20. The van der Waals surface area contributed by atoms with Crippen LogP contribution in [-0.4, -0.2) is 39.6 Å². The number of carbonyl (C=O) groups excluding carboxylic acids is 2. The Morgan fingerprint density at radius 3 is 2.47 bits per heavy atom. The van der Waals surface area contributed by atoms with E-state index in [2.05, 4.69) is 10.4 Å². The summed E-state index contributed by atoms with van der Waals surface area (Å²) in [6.45, 7) is 1.95. The number of halogens is 3. The average Bonchev–Trinajstić information content (AvgIpc) is 3.38. The first-order valence-corrected chi connectivity index (χ1v) is 11.0. The lowest BCUT2D eigenvalue weighted by atomic mass is 10.2. The number of nitrogens with one attached hydrogen (secondary N) is 1. The van der Waals surface area contributed by atoms with E-state index in [1.165, 1.54) is 17.0 Å². The van der Waals surface area contributed by atoms with Crippen LogP contribution in [0.2, 0.25) is 10.0 Å². The predicted molar refractivity (Wildman–Crippen MR) is 122 cm³/mol. The van der Waals surface area contributed by atoms with E-state index in [0.717, 1.165) is 30.5 Å². The third kappa shape index (κ3) is 4.36. The Balaban J connectivity index is 1.57. The second-order valence-electron chi connectivity index (χ2n) is 7.48. The van der Waals surface area contributed by atoms with Gasteiger partial charge in [0.1, 0.15) is 12.4 Å². The summed E-state index contributed by atoms with van der Waals surface area (Å²) >= 11 is 12.2. The van der Waals surface area contributed by atoms with Crippen LogP contribution in [0.1, 0.15) is 35.1 Å². The quantitative estimate of drug-likeness (QED) is 0.551. The molecule has 6 nitrogen and oxygen atoms in total. The minimum absolute atomic E-state index is 0.172. The summed E-state index contributed by atoms with van der Waals surface area (Å²) in [5.74, 6) is -1.08. The fourth-order valence-electron chi connectivity index (χ4n) is 3.85. The van der Waals surface area contributed by atoms with Crippen LogP contribution >= 0.6 is 23.2 Å². The molecule has 1 heterocycles. The number of aromatic nitrogens is 2. The molecular formula is C23H21Cl2FN4O2. The lowest BCUT2D eigenvalue weighted by Crippen LogP contribution is -2.38. The van der Waals surface area contributed by atoms with Gasteiger partial charge in [0.15, 0.2) is 5.69 Å². The molecular weight excluding hydrogens is 454 g/mol. The molecule has 166 valence electrons. The number of rotatable bonds is 6. The Hall–Kier alpha value is -2.90. The standard InChI is InChI=1S/C23H21Cl2FN4O2/c1-2-29(13-20(31)27-22-17(24)6-4-7-18(22)25)23(32)21-16-5-3-8-19(16)30(28-21)15-11-9-14(26)10-12-15/h4,6-7,9-12H,2-3,5,8,13H2,1H3,(H,27,31). The summed E-state index contributed by atoms with van der Waals surface area (Å²) in [6, 6.07) is 10.9. The molecule has 0 aliphatic heterocycles. The Bertz CT molecular complexity index is 1160. The number of hydrogen-bond donors (Lipinski definition) is 1. The highest BCUT2D eigenvalue weighted by molar-refractivity contribution is 6.39. The fourth-order valence-corrected chi connectivity index (χ4v) is 4.34. The van der Waals surface area contributed by atoms with Crippen molar-refractivity contribution in [1.82, 2.24) is 14.7 Å². The van der Waals surface area contributed by atoms with E-state index in [9.17, 15) is 14.0 Å². The molecule has 0 atom stereocenters. The van der Waals surface area contributed by atoms with Crippen molar-refractivity contribution in [3.8, 4) is 5.69 Å². The number of fused-ring (bicyclic) bond motifs is 1. The molecule has 2 amide bonds. The Labute approximate surface area is 194 Å². The van der Waals surface area contributed by atoms with E-state index in [1.807, 2.05) is 0 Å². The number of carbonyl (C=O) groups is 2. The third-order valence-electron chi connectivity index (χ3n) is 5.43. The zero-order chi connectivity index (χ0) is 22.8. The van der Waals surface area contributed by atoms with Crippen molar-refractivity contribution in [2.45, 2.75) is 26.2 Å². The molecule has 1 aliphatic carbocycles. The number of para-hydroxylation sites is 1. The molecule has 0 saturated carbocycles. The van der Waals surface area contributed by atoms with Crippen molar-refractivity contribution in [2.24, 2.45) is 0 Å². The van der Waals surface area contributed by atoms with Gasteiger partial charge >= 0.3 is 0 Å². The predicted octanol–water partition coefficient (Wildman–Crippen LogP) is 4.91. The highest BCUT2D eigenvalue weighted by Gasteiger charge is 2.30. The van der Waals surface area contributed by atoms with Crippen molar-refractivity contribution in [3.05, 3.63) is 75.3 Å². The summed E-state index contributed by atoms with van der Waals surface area (Å²) in [6.07, 6.45) is 2.42. The monoisotopic (exact) mass is 474 g/mol. The van der Waals surface area contributed by atoms with Crippen molar-refractivity contribution in [3.63, 3.8) is 0 Å². The van der Waals surface area contributed by atoms with Gasteiger partial charge in [-0.05, 0) is 62.6 Å². The van der Waals surface area contributed by atoms with Gasteiger partial charge in [-0.25, -0.2) is 9.07 Å². The van der Waals surface area contributed by atoms with E-state index in [1.54, 1.807) is 41.9 Å². The fraction of sp³-hybridized carbons (Fsp3) is 0.261. The number of likely N-dealkylation sites (N-methyl/N-ethyl adjacent to an activating group) is 1. The van der Waals surface area contributed by atoms with Crippen LogP contribution < -0.4 is 5.32 Å². The first kappa shape index (κ1) is 22.3. The molecule has 1 aliphatic rings. The van der Waals surface area contributed by atoms with Crippen molar-refractivity contribution < 1.29 is 14.0 Å². The van der Waals surface area contributed by atoms with Crippen LogP contribution in [0.3, 0.4) is 0 Å². The van der Waals surface area contributed by atoms with Crippen molar-refractivity contribution in [1.29, 1.82) is 0 Å². The van der Waals surface area contributed by atoms with Crippen LogP contribution in [0.4, 0.5) is 10.1 Å². The Morgan fingerprint density at radius 1 is 1.12 bits per heavy atom. The molecule has 0 spiro atoms.